The summed E-state index contributed by atoms with van der Waals surface area (Å²) >= 11 is 0. The van der Waals surface area contributed by atoms with E-state index in [1.165, 1.54) is 6.42 Å². The lowest BCUT2D eigenvalue weighted by Crippen LogP contribution is -2.43. The van der Waals surface area contributed by atoms with Crippen LogP contribution in [0.1, 0.15) is 30.9 Å². The molecule has 2 atom stereocenters. The number of para-hydroxylation sites is 1. The number of fused-ring (bicyclic) bond motifs is 1. The number of carbonyl (C=O) groups excluding carboxylic acids is 1. The van der Waals surface area contributed by atoms with Crippen LogP contribution >= 0.6 is 0 Å². The quantitative estimate of drug-likeness (QED) is 0.796. The SMILES string of the molecule is C[C@@H]1C[C@H](C)CN(C(=O)c2nnc3ccccc3n2)C1. The van der Waals surface area contributed by atoms with Crippen molar-refractivity contribution in [3.63, 3.8) is 0 Å². The highest BCUT2D eigenvalue weighted by molar-refractivity contribution is 5.92. The van der Waals surface area contributed by atoms with E-state index >= 15 is 0 Å². The summed E-state index contributed by atoms with van der Waals surface area (Å²) < 4.78 is 0. The molecule has 104 valence electrons. The average molecular weight is 270 g/mol. The van der Waals surface area contributed by atoms with Crippen molar-refractivity contribution < 1.29 is 4.79 Å². The van der Waals surface area contributed by atoms with Crippen LogP contribution in [0.2, 0.25) is 0 Å². The Bertz CT molecular complexity index is 633. The van der Waals surface area contributed by atoms with Crippen LogP contribution in [-0.2, 0) is 0 Å². The fraction of sp³-hybridized carbons (Fsp3) is 0.467. The fourth-order valence-electron chi connectivity index (χ4n) is 2.94. The summed E-state index contributed by atoms with van der Waals surface area (Å²) in [5.41, 5.74) is 1.42. The summed E-state index contributed by atoms with van der Waals surface area (Å²) in [4.78, 5) is 18.7. The van der Waals surface area contributed by atoms with Crippen molar-refractivity contribution in [3.05, 3.63) is 30.1 Å². The monoisotopic (exact) mass is 270 g/mol. The first-order chi connectivity index (χ1) is 9.63. The van der Waals surface area contributed by atoms with E-state index in [4.69, 9.17) is 0 Å². The molecular formula is C15H18N4O. The Morgan fingerprint density at radius 3 is 2.45 bits per heavy atom. The predicted molar refractivity (Wildman–Crippen MR) is 76.2 cm³/mol. The second kappa shape index (κ2) is 5.15. The minimum atomic E-state index is -0.110. The molecule has 1 amide bonds. The zero-order chi connectivity index (χ0) is 14.1. The van der Waals surface area contributed by atoms with E-state index in [-0.39, 0.29) is 11.7 Å². The van der Waals surface area contributed by atoms with Crippen LogP contribution < -0.4 is 0 Å². The zero-order valence-electron chi connectivity index (χ0n) is 11.8. The number of aromatic nitrogens is 3. The van der Waals surface area contributed by atoms with E-state index in [9.17, 15) is 4.79 Å². The van der Waals surface area contributed by atoms with Crippen LogP contribution in [0.25, 0.3) is 11.0 Å². The van der Waals surface area contributed by atoms with Gasteiger partial charge >= 0.3 is 0 Å². The van der Waals surface area contributed by atoms with Crippen molar-refractivity contribution in [1.82, 2.24) is 20.1 Å². The van der Waals surface area contributed by atoms with E-state index < -0.39 is 0 Å². The Kier molecular flexibility index (Phi) is 3.34. The largest absolute Gasteiger partial charge is 0.335 e. The molecule has 0 aliphatic carbocycles. The number of nitrogens with zero attached hydrogens (tertiary/aromatic N) is 4. The van der Waals surface area contributed by atoms with Crippen molar-refractivity contribution in [3.8, 4) is 0 Å². The predicted octanol–water partition coefficient (Wildman–Crippen LogP) is 2.14. The van der Waals surface area contributed by atoms with Gasteiger partial charge in [0.15, 0.2) is 0 Å². The van der Waals surface area contributed by atoms with Crippen molar-refractivity contribution in [2.24, 2.45) is 11.8 Å². The number of hydrogen-bond donors (Lipinski definition) is 0. The molecule has 20 heavy (non-hydrogen) atoms. The molecule has 0 saturated carbocycles. The number of amides is 1. The summed E-state index contributed by atoms with van der Waals surface area (Å²) in [5, 5.41) is 8.05. The van der Waals surface area contributed by atoms with E-state index in [1.807, 2.05) is 29.2 Å². The number of piperidine rings is 1. The molecule has 2 heterocycles. The van der Waals surface area contributed by atoms with Crippen LogP contribution in [0.5, 0.6) is 0 Å². The molecule has 1 aromatic heterocycles. The van der Waals surface area contributed by atoms with Crippen molar-refractivity contribution in [1.29, 1.82) is 0 Å². The third-order valence-electron chi connectivity index (χ3n) is 3.71. The second-order valence-corrected chi connectivity index (χ2v) is 5.78. The minimum absolute atomic E-state index is 0.110. The van der Waals surface area contributed by atoms with E-state index in [1.54, 1.807) is 0 Å². The highest BCUT2D eigenvalue weighted by atomic mass is 16.2. The molecule has 1 aromatic carbocycles. The van der Waals surface area contributed by atoms with E-state index in [0.29, 0.717) is 22.9 Å². The first-order valence-electron chi connectivity index (χ1n) is 7.02. The molecule has 1 aliphatic heterocycles. The first-order valence-corrected chi connectivity index (χ1v) is 7.02. The maximum Gasteiger partial charge on any atom is 0.293 e. The van der Waals surface area contributed by atoms with Gasteiger partial charge in [0, 0.05) is 13.1 Å². The van der Waals surface area contributed by atoms with Crippen LogP contribution in [0.3, 0.4) is 0 Å². The second-order valence-electron chi connectivity index (χ2n) is 5.78. The Morgan fingerprint density at radius 1 is 1.10 bits per heavy atom. The molecular weight excluding hydrogens is 252 g/mol. The molecule has 0 radical (unpaired) electrons. The summed E-state index contributed by atoms with van der Waals surface area (Å²) in [7, 11) is 0. The number of hydrogen-bond acceptors (Lipinski definition) is 4. The lowest BCUT2D eigenvalue weighted by atomic mass is 9.92. The van der Waals surface area contributed by atoms with Gasteiger partial charge < -0.3 is 4.90 Å². The summed E-state index contributed by atoms with van der Waals surface area (Å²) in [6.45, 7) is 5.91. The normalized spacial score (nSPS) is 23.0. The molecule has 1 aliphatic rings. The lowest BCUT2D eigenvalue weighted by Gasteiger charge is -2.34. The molecule has 1 fully saturated rings. The molecule has 0 bridgehead atoms. The number of likely N-dealkylation sites (tertiary alicyclic amines) is 1. The van der Waals surface area contributed by atoms with Gasteiger partial charge in [0.2, 0.25) is 5.82 Å². The Balaban J connectivity index is 1.88. The van der Waals surface area contributed by atoms with Gasteiger partial charge in [-0.05, 0) is 30.4 Å². The molecule has 0 spiro atoms. The standard InChI is InChI=1S/C15H18N4O/c1-10-7-11(2)9-19(8-10)15(20)14-16-12-5-3-4-6-13(12)17-18-14/h3-6,10-11H,7-9H2,1-2H3/t10-,11+. The molecule has 0 N–H and O–H groups in total. The van der Waals surface area contributed by atoms with Gasteiger partial charge in [-0.25, -0.2) is 4.98 Å². The highest BCUT2D eigenvalue weighted by Crippen LogP contribution is 2.22. The van der Waals surface area contributed by atoms with Crippen molar-refractivity contribution in [2.75, 3.05) is 13.1 Å². The van der Waals surface area contributed by atoms with Crippen molar-refractivity contribution >= 4 is 16.9 Å². The molecule has 0 unspecified atom stereocenters. The minimum Gasteiger partial charge on any atom is -0.335 e. The third-order valence-corrected chi connectivity index (χ3v) is 3.71. The van der Waals surface area contributed by atoms with Gasteiger partial charge in [0.1, 0.15) is 5.52 Å². The topological polar surface area (TPSA) is 59.0 Å². The molecule has 2 aromatic rings. The zero-order valence-corrected chi connectivity index (χ0v) is 11.8. The average Bonchev–Trinajstić information content (AvgIpc) is 2.45. The molecule has 5 nitrogen and oxygen atoms in total. The van der Waals surface area contributed by atoms with Gasteiger partial charge in [-0.2, -0.15) is 0 Å². The van der Waals surface area contributed by atoms with Crippen LogP contribution in [0.15, 0.2) is 24.3 Å². The number of rotatable bonds is 1. The molecule has 3 rings (SSSR count). The van der Waals surface area contributed by atoms with Crippen LogP contribution in [-0.4, -0.2) is 39.1 Å². The smallest absolute Gasteiger partial charge is 0.293 e. The highest BCUT2D eigenvalue weighted by Gasteiger charge is 2.27. The number of carbonyl (C=O) groups is 1. The Hall–Kier alpha value is -2.04. The number of benzene rings is 1. The van der Waals surface area contributed by atoms with Gasteiger partial charge in [0.05, 0.1) is 5.52 Å². The van der Waals surface area contributed by atoms with E-state index in [2.05, 4.69) is 29.0 Å². The van der Waals surface area contributed by atoms with E-state index in [0.717, 1.165) is 13.1 Å². The van der Waals surface area contributed by atoms with Crippen LogP contribution in [0.4, 0.5) is 0 Å². The third kappa shape index (κ3) is 2.48. The Morgan fingerprint density at radius 2 is 1.75 bits per heavy atom. The van der Waals surface area contributed by atoms with Crippen LogP contribution in [0, 0.1) is 11.8 Å². The molecule has 1 saturated heterocycles. The van der Waals surface area contributed by atoms with Gasteiger partial charge in [-0.1, -0.05) is 26.0 Å². The Labute approximate surface area is 118 Å². The fourth-order valence-corrected chi connectivity index (χ4v) is 2.94. The summed E-state index contributed by atoms with van der Waals surface area (Å²) in [6.07, 6.45) is 1.17. The maximum absolute atomic E-state index is 12.5. The van der Waals surface area contributed by atoms with Crippen molar-refractivity contribution in [2.45, 2.75) is 20.3 Å². The summed E-state index contributed by atoms with van der Waals surface area (Å²) in [5.74, 6) is 1.14. The summed E-state index contributed by atoms with van der Waals surface area (Å²) in [6, 6.07) is 7.46. The lowest BCUT2D eigenvalue weighted by molar-refractivity contribution is 0.0610. The molecule has 5 heteroatoms. The van der Waals surface area contributed by atoms with Gasteiger partial charge in [-0.15, -0.1) is 10.2 Å². The van der Waals surface area contributed by atoms with Gasteiger partial charge in [-0.3, -0.25) is 4.79 Å². The van der Waals surface area contributed by atoms with Gasteiger partial charge in [0.25, 0.3) is 5.91 Å². The maximum atomic E-state index is 12.5. The first kappa shape index (κ1) is 13.0.